The Hall–Kier alpha value is -4.26. The SMILES string of the molecule is COc1cc2oc(-c3cccc(C(=O)Nc4ccccc4)c3)cc(=O)c2c(O)c1OC. The topological polar surface area (TPSA) is 98.0 Å². The van der Waals surface area contributed by atoms with Crippen molar-refractivity contribution in [2.24, 2.45) is 0 Å². The second-order valence-corrected chi connectivity index (χ2v) is 6.71. The molecular weight excluding hydrogens is 398 g/mol. The van der Waals surface area contributed by atoms with Crippen molar-refractivity contribution >= 4 is 22.6 Å². The van der Waals surface area contributed by atoms with Gasteiger partial charge in [0.15, 0.2) is 16.9 Å². The molecular formula is C24H19NO6. The van der Waals surface area contributed by atoms with Crippen LogP contribution in [-0.2, 0) is 0 Å². The summed E-state index contributed by atoms with van der Waals surface area (Å²) in [5.74, 6) is -0.120. The number of fused-ring (bicyclic) bond motifs is 1. The molecule has 0 aliphatic carbocycles. The highest BCUT2D eigenvalue weighted by Gasteiger charge is 2.19. The molecule has 156 valence electrons. The zero-order valence-electron chi connectivity index (χ0n) is 16.8. The van der Waals surface area contributed by atoms with Crippen LogP contribution in [0.2, 0.25) is 0 Å². The second kappa shape index (κ2) is 8.23. The summed E-state index contributed by atoms with van der Waals surface area (Å²) < 4.78 is 16.2. The minimum Gasteiger partial charge on any atom is -0.504 e. The van der Waals surface area contributed by atoms with Crippen LogP contribution in [0.3, 0.4) is 0 Å². The smallest absolute Gasteiger partial charge is 0.255 e. The summed E-state index contributed by atoms with van der Waals surface area (Å²) in [6.45, 7) is 0. The van der Waals surface area contributed by atoms with Crippen LogP contribution in [0.4, 0.5) is 5.69 Å². The van der Waals surface area contributed by atoms with E-state index in [2.05, 4.69) is 5.32 Å². The van der Waals surface area contributed by atoms with Crippen molar-refractivity contribution in [3.8, 4) is 28.6 Å². The Kier molecular flexibility index (Phi) is 5.32. The fraction of sp³-hybridized carbons (Fsp3) is 0.0833. The predicted molar refractivity (Wildman–Crippen MR) is 117 cm³/mol. The summed E-state index contributed by atoms with van der Waals surface area (Å²) in [5, 5.41) is 13.2. The Morgan fingerprint density at radius 1 is 0.968 bits per heavy atom. The molecule has 0 aliphatic rings. The van der Waals surface area contributed by atoms with Crippen LogP contribution in [0, 0.1) is 0 Å². The number of methoxy groups -OCH3 is 2. The Labute approximate surface area is 177 Å². The van der Waals surface area contributed by atoms with Crippen molar-refractivity contribution in [1.82, 2.24) is 0 Å². The van der Waals surface area contributed by atoms with E-state index in [0.717, 1.165) is 0 Å². The number of benzene rings is 3. The molecule has 4 rings (SSSR count). The number of phenols is 1. The maximum atomic E-state index is 12.7. The molecule has 7 nitrogen and oxygen atoms in total. The van der Waals surface area contributed by atoms with E-state index in [1.807, 2.05) is 18.2 Å². The Morgan fingerprint density at radius 3 is 2.45 bits per heavy atom. The minimum absolute atomic E-state index is 0.0145. The van der Waals surface area contributed by atoms with Crippen molar-refractivity contribution in [2.45, 2.75) is 0 Å². The minimum atomic E-state index is -0.450. The Morgan fingerprint density at radius 2 is 1.74 bits per heavy atom. The Balaban J connectivity index is 1.76. The van der Waals surface area contributed by atoms with Gasteiger partial charge < -0.3 is 24.3 Å². The molecule has 0 spiro atoms. The molecule has 31 heavy (non-hydrogen) atoms. The first-order chi connectivity index (χ1) is 15.0. The fourth-order valence-corrected chi connectivity index (χ4v) is 3.29. The lowest BCUT2D eigenvalue weighted by atomic mass is 10.1. The lowest BCUT2D eigenvalue weighted by Gasteiger charge is -2.12. The standard InChI is InChI=1S/C24H19NO6/c1-29-20-13-19-21(22(27)23(20)30-2)17(26)12-18(31-19)14-7-6-8-15(11-14)24(28)25-16-9-4-3-5-10-16/h3-13,27H,1-2H3,(H,25,28). The number of hydrogen-bond acceptors (Lipinski definition) is 6. The molecule has 1 heterocycles. The lowest BCUT2D eigenvalue weighted by Crippen LogP contribution is -2.11. The fourth-order valence-electron chi connectivity index (χ4n) is 3.29. The van der Waals surface area contributed by atoms with Gasteiger partial charge in [-0.15, -0.1) is 0 Å². The van der Waals surface area contributed by atoms with Crippen molar-refractivity contribution in [2.75, 3.05) is 19.5 Å². The van der Waals surface area contributed by atoms with Crippen LogP contribution in [-0.4, -0.2) is 25.2 Å². The van der Waals surface area contributed by atoms with Gasteiger partial charge in [0.2, 0.25) is 5.75 Å². The highest BCUT2D eigenvalue weighted by Crippen LogP contribution is 2.42. The first kappa shape index (κ1) is 20.0. The maximum Gasteiger partial charge on any atom is 0.255 e. The maximum absolute atomic E-state index is 12.7. The van der Waals surface area contributed by atoms with Gasteiger partial charge >= 0.3 is 0 Å². The van der Waals surface area contributed by atoms with Gasteiger partial charge in [-0.05, 0) is 24.3 Å². The summed E-state index contributed by atoms with van der Waals surface area (Å²) in [7, 11) is 2.78. The number of phenolic OH excluding ortho intramolecular Hbond substituents is 1. The van der Waals surface area contributed by atoms with Gasteiger partial charge in [-0.3, -0.25) is 9.59 Å². The van der Waals surface area contributed by atoms with Gasteiger partial charge in [-0.25, -0.2) is 0 Å². The normalized spacial score (nSPS) is 10.6. The summed E-state index contributed by atoms with van der Waals surface area (Å²) in [4.78, 5) is 25.3. The first-order valence-corrected chi connectivity index (χ1v) is 9.40. The summed E-state index contributed by atoms with van der Waals surface area (Å²) >= 11 is 0. The number of amides is 1. The highest BCUT2D eigenvalue weighted by atomic mass is 16.5. The van der Waals surface area contributed by atoms with Gasteiger partial charge in [-0.2, -0.15) is 0 Å². The van der Waals surface area contributed by atoms with Gasteiger partial charge in [0.05, 0.1) is 14.2 Å². The number of nitrogens with one attached hydrogen (secondary N) is 1. The van der Waals surface area contributed by atoms with Crippen molar-refractivity contribution in [3.63, 3.8) is 0 Å². The molecule has 0 saturated carbocycles. The highest BCUT2D eigenvalue weighted by molar-refractivity contribution is 6.05. The number of hydrogen-bond donors (Lipinski definition) is 2. The van der Waals surface area contributed by atoms with Gasteiger partial charge in [0.25, 0.3) is 5.91 Å². The molecule has 0 unspecified atom stereocenters. The summed E-state index contributed by atoms with van der Waals surface area (Å²) in [6.07, 6.45) is 0. The molecule has 0 saturated heterocycles. The molecule has 3 aromatic carbocycles. The average molecular weight is 417 g/mol. The van der Waals surface area contributed by atoms with E-state index in [1.54, 1.807) is 36.4 Å². The third kappa shape index (κ3) is 3.81. The molecule has 1 amide bonds. The van der Waals surface area contributed by atoms with E-state index >= 15 is 0 Å². The molecule has 0 bridgehead atoms. The molecule has 1 aromatic heterocycles. The molecule has 2 N–H and O–H groups in total. The average Bonchev–Trinajstić information content (AvgIpc) is 2.79. The molecule has 0 radical (unpaired) electrons. The zero-order chi connectivity index (χ0) is 22.0. The van der Waals surface area contributed by atoms with Crippen molar-refractivity contribution < 1.29 is 23.8 Å². The number of carbonyl (C=O) groups excluding carboxylic acids is 1. The molecule has 7 heteroatoms. The third-order valence-electron chi connectivity index (χ3n) is 4.78. The quantitative estimate of drug-likeness (QED) is 0.498. The number of carbonyl (C=O) groups is 1. The van der Waals surface area contributed by atoms with Gasteiger partial charge in [0, 0.05) is 28.9 Å². The second-order valence-electron chi connectivity index (χ2n) is 6.71. The van der Waals surface area contributed by atoms with E-state index in [9.17, 15) is 14.7 Å². The number of para-hydroxylation sites is 1. The Bertz CT molecular complexity index is 1330. The van der Waals surface area contributed by atoms with Crippen LogP contribution in [0.25, 0.3) is 22.3 Å². The predicted octanol–water partition coefficient (Wildman–Crippen LogP) is 4.44. The van der Waals surface area contributed by atoms with E-state index in [0.29, 0.717) is 16.8 Å². The number of rotatable bonds is 5. The first-order valence-electron chi connectivity index (χ1n) is 9.40. The van der Waals surface area contributed by atoms with E-state index in [4.69, 9.17) is 13.9 Å². The number of aromatic hydroxyl groups is 1. The molecule has 0 aliphatic heterocycles. The third-order valence-corrected chi connectivity index (χ3v) is 4.78. The van der Waals surface area contributed by atoms with Crippen LogP contribution in [0.1, 0.15) is 10.4 Å². The van der Waals surface area contributed by atoms with Crippen LogP contribution in [0.15, 0.2) is 75.9 Å². The van der Waals surface area contributed by atoms with Crippen molar-refractivity contribution in [3.05, 3.63) is 82.5 Å². The van der Waals surface area contributed by atoms with Crippen LogP contribution in [0.5, 0.6) is 17.2 Å². The molecule has 0 fully saturated rings. The number of ether oxygens (including phenoxy) is 2. The summed E-state index contributed by atoms with van der Waals surface area (Å²) in [6, 6.07) is 18.6. The molecule has 4 aromatic rings. The monoisotopic (exact) mass is 417 g/mol. The van der Waals surface area contributed by atoms with Gasteiger partial charge in [-0.1, -0.05) is 30.3 Å². The van der Waals surface area contributed by atoms with Crippen molar-refractivity contribution in [1.29, 1.82) is 0 Å². The van der Waals surface area contributed by atoms with E-state index in [1.165, 1.54) is 26.4 Å². The zero-order valence-corrected chi connectivity index (χ0v) is 16.8. The van der Waals surface area contributed by atoms with Gasteiger partial charge in [0.1, 0.15) is 16.7 Å². The number of anilines is 1. The van der Waals surface area contributed by atoms with E-state index < -0.39 is 5.43 Å². The molecule has 0 atom stereocenters. The van der Waals surface area contributed by atoms with Crippen LogP contribution < -0.4 is 20.2 Å². The largest absolute Gasteiger partial charge is 0.504 e. The summed E-state index contributed by atoms with van der Waals surface area (Å²) in [5.41, 5.74) is 1.30. The van der Waals surface area contributed by atoms with E-state index in [-0.39, 0.29) is 39.9 Å². The van der Waals surface area contributed by atoms with Crippen LogP contribution >= 0.6 is 0 Å². The lowest BCUT2D eigenvalue weighted by molar-refractivity contribution is 0.102.